The Hall–Kier alpha value is -3.42. The fourth-order valence-corrected chi connectivity index (χ4v) is 3.69. The molecule has 1 aliphatic heterocycles. The van der Waals surface area contributed by atoms with Crippen molar-refractivity contribution in [3.8, 4) is 40.1 Å². The van der Waals surface area contributed by atoms with E-state index >= 15 is 0 Å². The van der Waals surface area contributed by atoms with Crippen LogP contribution in [0.25, 0.3) is 22.4 Å². The molecule has 0 amide bonds. The van der Waals surface area contributed by atoms with Crippen LogP contribution in [0, 0.1) is 31.6 Å². The van der Waals surface area contributed by atoms with Crippen LogP contribution >= 0.6 is 0 Å². The zero-order chi connectivity index (χ0) is 21.1. The summed E-state index contributed by atoms with van der Waals surface area (Å²) in [4.78, 5) is 15.7. The molecule has 150 valence electrons. The van der Waals surface area contributed by atoms with Gasteiger partial charge in [0.1, 0.15) is 0 Å². The summed E-state index contributed by atoms with van der Waals surface area (Å²) in [6.45, 7) is 6.19. The predicted octanol–water partition coefficient (Wildman–Crippen LogP) is 4.42. The second-order valence-electron chi connectivity index (χ2n) is 7.49. The maximum absolute atomic E-state index is 11.2. The van der Waals surface area contributed by atoms with Gasteiger partial charge in [-0.05, 0) is 54.3 Å². The third-order valence-electron chi connectivity index (χ3n) is 5.64. The van der Waals surface area contributed by atoms with Crippen molar-refractivity contribution in [2.45, 2.75) is 13.8 Å². The van der Waals surface area contributed by atoms with E-state index in [0.29, 0.717) is 17.4 Å². The van der Waals surface area contributed by atoms with Gasteiger partial charge in [0.2, 0.25) is 5.88 Å². The summed E-state index contributed by atoms with van der Waals surface area (Å²) in [5.41, 5.74) is 7.94. The predicted molar refractivity (Wildman–Crippen MR) is 120 cm³/mol. The molecule has 30 heavy (non-hydrogen) atoms. The smallest absolute Gasteiger partial charge is 0.224 e. The highest BCUT2D eigenvalue weighted by atomic mass is 16.5. The Kier molecular flexibility index (Phi) is 5.65. The first-order chi connectivity index (χ1) is 14.6. The van der Waals surface area contributed by atoms with Gasteiger partial charge in [0.15, 0.2) is 6.29 Å². The van der Waals surface area contributed by atoms with Gasteiger partial charge in [0, 0.05) is 30.1 Å². The molecule has 2 heterocycles. The Morgan fingerprint density at radius 1 is 1.00 bits per heavy atom. The van der Waals surface area contributed by atoms with Crippen molar-refractivity contribution in [1.82, 2.24) is 10.3 Å². The third-order valence-corrected chi connectivity index (χ3v) is 5.64. The van der Waals surface area contributed by atoms with Crippen LogP contribution in [0.5, 0.6) is 5.88 Å². The second-order valence-corrected chi connectivity index (χ2v) is 7.49. The molecule has 0 atom stereocenters. The van der Waals surface area contributed by atoms with Crippen LogP contribution in [-0.2, 0) is 0 Å². The monoisotopic (exact) mass is 396 g/mol. The summed E-state index contributed by atoms with van der Waals surface area (Å²) in [6.07, 6.45) is 0.758. The lowest BCUT2D eigenvalue weighted by Gasteiger charge is -2.21. The van der Waals surface area contributed by atoms with E-state index in [4.69, 9.17) is 4.74 Å². The van der Waals surface area contributed by atoms with E-state index < -0.39 is 0 Å². The average molecular weight is 396 g/mol. The maximum Gasteiger partial charge on any atom is 0.224 e. The van der Waals surface area contributed by atoms with Gasteiger partial charge < -0.3 is 10.1 Å². The van der Waals surface area contributed by atoms with Crippen LogP contribution in [-0.4, -0.2) is 31.5 Å². The molecule has 0 spiro atoms. The molecular weight excluding hydrogens is 372 g/mol. The summed E-state index contributed by atoms with van der Waals surface area (Å²) < 4.78 is 5.29. The number of benzene rings is 2. The molecule has 4 nitrogen and oxygen atoms in total. The molecule has 4 rings (SSSR count). The molecule has 3 aromatic rings. The lowest BCUT2D eigenvalue weighted by Crippen LogP contribution is -2.40. The first-order valence-corrected chi connectivity index (χ1v) is 10.0. The number of rotatable bonds is 4. The summed E-state index contributed by atoms with van der Waals surface area (Å²) in [6, 6.07) is 16.1. The first-order valence-electron chi connectivity index (χ1n) is 10.0. The molecule has 1 fully saturated rings. The molecule has 1 aromatic heterocycles. The summed E-state index contributed by atoms with van der Waals surface area (Å²) in [5.74, 6) is 7.52. The number of carbonyl (C=O) groups excluding carboxylic acids is 1. The van der Waals surface area contributed by atoms with E-state index in [1.165, 1.54) is 18.2 Å². The van der Waals surface area contributed by atoms with Gasteiger partial charge in [-0.3, -0.25) is 4.79 Å². The highest BCUT2D eigenvalue weighted by Crippen LogP contribution is 2.34. The van der Waals surface area contributed by atoms with Gasteiger partial charge >= 0.3 is 0 Å². The molecule has 0 radical (unpaired) electrons. The number of nitrogens with zero attached hydrogens (tertiary/aromatic N) is 1. The quantitative estimate of drug-likeness (QED) is 0.524. The number of hydrogen-bond acceptors (Lipinski definition) is 4. The number of carbonyl (C=O) groups is 1. The van der Waals surface area contributed by atoms with E-state index in [2.05, 4.69) is 60.3 Å². The Bertz CT molecular complexity index is 1170. The van der Waals surface area contributed by atoms with E-state index in [1.807, 2.05) is 18.2 Å². The van der Waals surface area contributed by atoms with Crippen molar-refractivity contribution in [3.63, 3.8) is 0 Å². The highest BCUT2D eigenvalue weighted by molar-refractivity contribution is 5.82. The Labute approximate surface area is 177 Å². The van der Waals surface area contributed by atoms with Gasteiger partial charge in [-0.2, -0.15) is 0 Å². The van der Waals surface area contributed by atoms with Crippen LogP contribution in [0.1, 0.15) is 27.0 Å². The fourth-order valence-electron chi connectivity index (χ4n) is 3.69. The van der Waals surface area contributed by atoms with E-state index in [-0.39, 0.29) is 0 Å². The Balaban J connectivity index is 1.77. The molecule has 1 saturated heterocycles. The lowest BCUT2D eigenvalue weighted by molar-refractivity contribution is 0.112. The van der Waals surface area contributed by atoms with Crippen LogP contribution in [0.4, 0.5) is 0 Å². The van der Waals surface area contributed by atoms with Crippen LogP contribution in [0.3, 0.4) is 0 Å². The minimum absolute atomic E-state index is 0.339. The van der Waals surface area contributed by atoms with Crippen LogP contribution < -0.4 is 10.1 Å². The van der Waals surface area contributed by atoms with Crippen molar-refractivity contribution in [2.75, 3.05) is 20.2 Å². The molecular formula is C26H24N2O2. The molecule has 4 heteroatoms. The molecule has 2 aromatic carbocycles. The normalized spacial score (nSPS) is 13.2. The minimum atomic E-state index is 0.339. The second kappa shape index (κ2) is 8.52. The van der Waals surface area contributed by atoms with Crippen molar-refractivity contribution in [1.29, 1.82) is 0 Å². The standard InChI is InChI=1S/C26H24N2O2/c1-17-20(11-10-19-14-27-15-19)6-4-7-22(17)23-8-5-9-24(18(23)2)25-13-12-21(16-29)26(28-25)30-3/h4-9,12-13,16,19,27H,14-15H2,1-3H3. The van der Waals surface area contributed by atoms with E-state index in [9.17, 15) is 4.79 Å². The van der Waals surface area contributed by atoms with Crippen LogP contribution in [0.15, 0.2) is 48.5 Å². The molecule has 0 saturated carbocycles. The van der Waals surface area contributed by atoms with Gasteiger partial charge in [0.05, 0.1) is 18.4 Å². The van der Waals surface area contributed by atoms with Gasteiger partial charge in [-0.1, -0.05) is 42.2 Å². The topological polar surface area (TPSA) is 51.2 Å². The SMILES string of the molecule is COc1nc(-c2cccc(-c3cccc(C#CC4CNC4)c3C)c2C)ccc1C=O. The molecule has 0 unspecified atom stereocenters. The van der Waals surface area contributed by atoms with Crippen molar-refractivity contribution in [2.24, 2.45) is 5.92 Å². The number of hydrogen-bond donors (Lipinski definition) is 1. The van der Waals surface area contributed by atoms with E-state index in [1.54, 1.807) is 6.07 Å². The Morgan fingerprint density at radius 2 is 1.70 bits per heavy atom. The molecule has 0 aliphatic carbocycles. The number of pyridine rings is 1. The molecule has 1 N–H and O–H groups in total. The lowest BCUT2D eigenvalue weighted by atomic mass is 9.90. The number of aldehydes is 1. The van der Waals surface area contributed by atoms with Crippen molar-refractivity contribution >= 4 is 6.29 Å². The van der Waals surface area contributed by atoms with Gasteiger partial charge in [-0.15, -0.1) is 0 Å². The zero-order valence-electron chi connectivity index (χ0n) is 17.5. The third kappa shape index (κ3) is 3.72. The number of methoxy groups -OCH3 is 1. The molecule has 1 aliphatic rings. The minimum Gasteiger partial charge on any atom is -0.480 e. The summed E-state index contributed by atoms with van der Waals surface area (Å²) in [5, 5.41) is 3.26. The van der Waals surface area contributed by atoms with Crippen molar-refractivity contribution in [3.05, 3.63) is 70.8 Å². The number of nitrogens with one attached hydrogen (secondary N) is 1. The van der Waals surface area contributed by atoms with Gasteiger partial charge in [-0.25, -0.2) is 4.98 Å². The summed E-state index contributed by atoms with van der Waals surface area (Å²) >= 11 is 0. The van der Waals surface area contributed by atoms with Crippen molar-refractivity contribution < 1.29 is 9.53 Å². The summed E-state index contributed by atoms with van der Waals surface area (Å²) in [7, 11) is 1.53. The van der Waals surface area contributed by atoms with Crippen LogP contribution in [0.2, 0.25) is 0 Å². The molecule has 0 bridgehead atoms. The average Bonchev–Trinajstić information content (AvgIpc) is 2.74. The van der Waals surface area contributed by atoms with Gasteiger partial charge in [0.25, 0.3) is 0 Å². The first kappa shape index (κ1) is 19.9. The fraction of sp³-hybridized carbons (Fsp3) is 0.231. The number of ether oxygens (including phenoxy) is 1. The number of aromatic nitrogens is 1. The highest BCUT2D eigenvalue weighted by Gasteiger charge is 2.15. The zero-order valence-corrected chi connectivity index (χ0v) is 17.5. The van der Waals surface area contributed by atoms with E-state index in [0.717, 1.165) is 47.3 Å². The Morgan fingerprint density at radius 3 is 2.37 bits per heavy atom. The maximum atomic E-state index is 11.2. The largest absolute Gasteiger partial charge is 0.480 e.